The van der Waals surface area contributed by atoms with Gasteiger partial charge in [0.05, 0.1) is 21.4 Å². The van der Waals surface area contributed by atoms with E-state index >= 15 is 0 Å². The minimum Gasteiger partial charge on any atom is -0.355 e. The van der Waals surface area contributed by atoms with Gasteiger partial charge in [-0.15, -0.1) is 11.3 Å². The number of nitrogens with one attached hydrogen (secondary N) is 2. The summed E-state index contributed by atoms with van der Waals surface area (Å²) in [6, 6.07) is 10.2. The first-order chi connectivity index (χ1) is 17.9. The van der Waals surface area contributed by atoms with E-state index in [2.05, 4.69) is 38.5 Å². The van der Waals surface area contributed by atoms with E-state index in [1.165, 1.54) is 0 Å². The zero-order valence-electron chi connectivity index (χ0n) is 20.5. The number of hydrogen-bond acceptors (Lipinski definition) is 5. The first kappa shape index (κ1) is 24.0. The van der Waals surface area contributed by atoms with Crippen LogP contribution in [0.25, 0.3) is 26.8 Å². The number of nitrogens with zero attached hydrogens (tertiary/aromatic N) is 3. The van der Waals surface area contributed by atoms with E-state index in [0.29, 0.717) is 38.8 Å². The van der Waals surface area contributed by atoms with Crippen molar-refractivity contribution in [3.05, 3.63) is 53.8 Å². The number of aromatic amines is 1. The molecule has 0 unspecified atom stereocenters. The van der Waals surface area contributed by atoms with Gasteiger partial charge in [0.2, 0.25) is 11.8 Å². The molecule has 192 valence electrons. The van der Waals surface area contributed by atoms with Crippen LogP contribution in [0.15, 0.2) is 48.1 Å². The number of H-pyrrole nitrogens is 1. The minimum absolute atomic E-state index is 0.0238. The van der Waals surface area contributed by atoms with Crippen molar-refractivity contribution >= 4 is 55.4 Å². The molecule has 1 fully saturated rings. The molecule has 6 rings (SSSR count). The van der Waals surface area contributed by atoms with E-state index in [1.54, 1.807) is 17.5 Å². The molecule has 0 radical (unpaired) electrons. The van der Waals surface area contributed by atoms with Gasteiger partial charge in [-0.2, -0.15) is 0 Å². The van der Waals surface area contributed by atoms with E-state index in [9.17, 15) is 13.6 Å². The quantitative estimate of drug-likeness (QED) is 0.299. The van der Waals surface area contributed by atoms with Gasteiger partial charge in [-0.25, -0.2) is 18.7 Å². The fraction of sp³-hybridized carbons (Fsp3) is 0.393. The maximum Gasteiger partial charge on any atom is 0.248 e. The molecule has 4 heterocycles. The molecule has 1 saturated carbocycles. The number of thiazole rings is 1. The molecule has 1 aromatic carbocycles. The van der Waals surface area contributed by atoms with Crippen molar-refractivity contribution in [2.75, 3.05) is 18.4 Å². The number of pyridine rings is 1. The molecule has 1 atom stereocenters. The van der Waals surface area contributed by atoms with Crippen molar-refractivity contribution in [3.63, 3.8) is 0 Å². The van der Waals surface area contributed by atoms with Crippen LogP contribution < -0.4 is 5.32 Å². The number of hydrogen-bond donors (Lipinski definition) is 2. The average molecular weight is 522 g/mol. The van der Waals surface area contributed by atoms with Gasteiger partial charge in [-0.1, -0.05) is 12.5 Å². The molecule has 9 heteroatoms. The molecule has 37 heavy (non-hydrogen) atoms. The largest absolute Gasteiger partial charge is 0.355 e. The predicted octanol–water partition coefficient (Wildman–Crippen LogP) is 7.14. The lowest BCUT2D eigenvalue weighted by atomic mass is 9.88. The lowest BCUT2D eigenvalue weighted by molar-refractivity contribution is -0.136. The maximum absolute atomic E-state index is 13.9. The predicted molar refractivity (Wildman–Crippen MR) is 144 cm³/mol. The summed E-state index contributed by atoms with van der Waals surface area (Å²) in [6.07, 6.45) is 6.50. The molecule has 2 N–H and O–H groups in total. The van der Waals surface area contributed by atoms with E-state index in [-0.39, 0.29) is 31.1 Å². The number of alkyl halides is 2. The van der Waals surface area contributed by atoms with E-state index in [4.69, 9.17) is 0 Å². The van der Waals surface area contributed by atoms with E-state index in [0.717, 1.165) is 43.9 Å². The molecule has 0 bridgehead atoms. The van der Waals surface area contributed by atoms with Crippen LogP contribution in [0.2, 0.25) is 0 Å². The van der Waals surface area contributed by atoms with E-state index in [1.807, 2.05) is 28.6 Å². The van der Waals surface area contributed by atoms with Gasteiger partial charge in [-0.05, 0) is 61.6 Å². The third-order valence-corrected chi connectivity index (χ3v) is 8.35. The Labute approximate surface area is 217 Å². The number of fused-ring (bicyclic) bond motifs is 2. The fourth-order valence-corrected chi connectivity index (χ4v) is 6.16. The summed E-state index contributed by atoms with van der Waals surface area (Å²) in [5, 5.41) is 4.51. The number of amides is 1. The van der Waals surface area contributed by atoms with Crippen molar-refractivity contribution in [3.8, 4) is 0 Å². The van der Waals surface area contributed by atoms with Crippen LogP contribution in [0.3, 0.4) is 0 Å². The molecule has 0 spiro atoms. The zero-order valence-corrected chi connectivity index (χ0v) is 21.3. The third-order valence-electron chi connectivity index (χ3n) is 7.56. The van der Waals surface area contributed by atoms with Gasteiger partial charge in [0.15, 0.2) is 0 Å². The summed E-state index contributed by atoms with van der Waals surface area (Å²) in [5.74, 6) is -2.91. The van der Waals surface area contributed by atoms with Gasteiger partial charge in [-0.3, -0.25) is 4.79 Å². The fourth-order valence-electron chi connectivity index (χ4n) is 5.45. The molecule has 0 saturated heterocycles. The number of carbonyl (C=O) groups excluding carboxylic acids is 1. The number of aromatic nitrogens is 3. The molecule has 6 nitrogen and oxygen atoms in total. The highest BCUT2D eigenvalue weighted by atomic mass is 32.1. The Balaban J connectivity index is 1.17. The highest BCUT2D eigenvalue weighted by Gasteiger charge is 2.34. The van der Waals surface area contributed by atoms with Crippen molar-refractivity contribution in [2.45, 2.75) is 50.9 Å². The summed E-state index contributed by atoms with van der Waals surface area (Å²) in [6.45, 7) is 1.10. The molecule has 3 aromatic heterocycles. The smallest absolute Gasteiger partial charge is 0.248 e. The van der Waals surface area contributed by atoms with E-state index < -0.39 is 5.92 Å². The number of halogens is 2. The lowest BCUT2D eigenvalue weighted by Gasteiger charge is -2.31. The monoisotopic (exact) mass is 521 g/mol. The van der Waals surface area contributed by atoms with Crippen molar-refractivity contribution < 1.29 is 13.6 Å². The molecular formula is C28H29F2N5OS. The molecule has 1 aliphatic carbocycles. The number of carbonyl (C=O) groups is 1. The Morgan fingerprint density at radius 3 is 2.92 bits per heavy atom. The van der Waals surface area contributed by atoms with Crippen molar-refractivity contribution in [1.29, 1.82) is 0 Å². The van der Waals surface area contributed by atoms with Crippen LogP contribution in [-0.4, -0.2) is 44.8 Å². The maximum atomic E-state index is 13.9. The normalized spacial score (nSPS) is 20.4. The van der Waals surface area contributed by atoms with Gasteiger partial charge in [0, 0.05) is 54.8 Å². The lowest BCUT2D eigenvalue weighted by Crippen LogP contribution is -2.39. The van der Waals surface area contributed by atoms with Crippen LogP contribution >= 0.6 is 11.3 Å². The Bertz CT molecular complexity index is 1480. The standard InChI is InChI=1S/C28H29F2N5OS/c29-28(30)10-2-1-3-19(6-11-28)27(36)35-13-8-18(9-14-35)24-16-21-22(7-12-31-26(21)34-24)33-20-4-5-23-25(15-20)37-17-32-23/h4-5,7-8,12,15-17,19H,1-3,6,9-11,13-14H2,(H2,31,33,34)/t19-/m1/s1. The molecule has 2 aliphatic rings. The molecule has 1 amide bonds. The van der Waals surface area contributed by atoms with Gasteiger partial charge in [0.25, 0.3) is 0 Å². The van der Waals surface area contributed by atoms with Crippen LogP contribution in [0.1, 0.15) is 50.6 Å². The SMILES string of the molecule is O=C([C@@H]1CCCCC(F)(F)CC1)N1CC=C(c2cc3c(Nc4ccc5ncsc5c4)ccnc3[nH]2)CC1. The first-order valence-corrected chi connectivity index (χ1v) is 13.8. The average Bonchev–Trinajstić information content (AvgIpc) is 3.54. The summed E-state index contributed by atoms with van der Waals surface area (Å²) in [5.41, 5.74) is 7.73. The Kier molecular flexibility index (Phi) is 6.40. The van der Waals surface area contributed by atoms with Gasteiger partial charge >= 0.3 is 0 Å². The summed E-state index contributed by atoms with van der Waals surface area (Å²) in [4.78, 5) is 27.2. The second-order valence-corrected chi connectivity index (χ2v) is 11.0. The topological polar surface area (TPSA) is 73.9 Å². The highest BCUT2D eigenvalue weighted by molar-refractivity contribution is 7.16. The summed E-state index contributed by atoms with van der Waals surface area (Å²) in [7, 11) is 0. The molecular weight excluding hydrogens is 492 g/mol. The van der Waals surface area contributed by atoms with Crippen molar-refractivity contribution in [1.82, 2.24) is 19.9 Å². The van der Waals surface area contributed by atoms with Crippen LogP contribution in [0.4, 0.5) is 20.2 Å². The Hall–Kier alpha value is -3.33. The Morgan fingerprint density at radius 1 is 1.14 bits per heavy atom. The molecule has 1 aliphatic heterocycles. The van der Waals surface area contributed by atoms with Crippen molar-refractivity contribution in [2.24, 2.45) is 5.92 Å². The third kappa shape index (κ3) is 5.09. The van der Waals surface area contributed by atoms with Crippen LogP contribution in [-0.2, 0) is 4.79 Å². The minimum atomic E-state index is -2.64. The summed E-state index contributed by atoms with van der Waals surface area (Å²) >= 11 is 1.61. The van der Waals surface area contributed by atoms with Crippen LogP contribution in [0, 0.1) is 5.92 Å². The number of rotatable bonds is 4. The van der Waals surface area contributed by atoms with Gasteiger partial charge in [0.1, 0.15) is 5.65 Å². The number of benzene rings is 1. The second kappa shape index (κ2) is 9.85. The van der Waals surface area contributed by atoms with Crippen LogP contribution in [0.5, 0.6) is 0 Å². The second-order valence-electron chi connectivity index (χ2n) is 10.1. The first-order valence-electron chi connectivity index (χ1n) is 12.9. The number of anilines is 2. The Morgan fingerprint density at radius 2 is 2.05 bits per heavy atom. The molecule has 4 aromatic rings. The highest BCUT2D eigenvalue weighted by Crippen LogP contribution is 2.35. The van der Waals surface area contributed by atoms with Gasteiger partial charge < -0.3 is 15.2 Å². The summed E-state index contributed by atoms with van der Waals surface area (Å²) < 4.78 is 28.9. The zero-order chi connectivity index (χ0) is 25.4.